The number of rotatable bonds is 8. The smallest absolute Gasteiger partial charge is 0.227 e. The molecule has 0 bridgehead atoms. The maximum Gasteiger partial charge on any atom is 0.227 e. The Morgan fingerprint density at radius 2 is 0.508 bits per heavy atom. The van der Waals surface area contributed by atoms with E-state index in [4.69, 9.17) is 38.7 Å². The van der Waals surface area contributed by atoms with Gasteiger partial charge in [0.1, 0.15) is 11.0 Å². The molecule has 0 saturated carbocycles. The molecular formula is C106H74N10O2. The highest BCUT2D eigenvalue weighted by atomic mass is 16.4. The van der Waals surface area contributed by atoms with Crippen molar-refractivity contribution in [2.75, 3.05) is 0 Å². The number of nitrogens with zero attached hydrogens (tertiary/aromatic N) is 10. The summed E-state index contributed by atoms with van der Waals surface area (Å²) in [6, 6.07) is 98.3. The van der Waals surface area contributed by atoms with E-state index in [9.17, 15) is 0 Å². The molecule has 0 atom stereocenters. The number of oxazole rings is 2. The summed E-state index contributed by atoms with van der Waals surface area (Å²) in [6.45, 7) is 18.1. The number of pyridine rings is 4. The van der Waals surface area contributed by atoms with Gasteiger partial charge in [-0.3, -0.25) is 19.9 Å². The van der Waals surface area contributed by atoms with Crippen molar-refractivity contribution >= 4 is 152 Å². The SMILES string of the molecule is Cc1c(C)n(-c2ccc(-c3cnc4ccccc4c3)nc2)c2c3ccccc3c3c4c(C)c(C)n(-c5ccc(-c6cnc7ccccc7c6)nc5)c4c4ccccc4c3c12.Cc1c(C)n(-c2ccc(-c3nc4ccccc4o3)cc2)c2c3ccccc3c3c4c(C)c(C)n(-c5ccc(-c6nc7ccccc7o6)cc5)c4c4ccccc4c3c12. The Balaban J connectivity index is 0.000000138. The first-order valence-electron chi connectivity index (χ1n) is 40.2. The van der Waals surface area contributed by atoms with Crippen LogP contribution in [0.1, 0.15) is 45.0 Å². The molecule has 24 aromatic rings. The van der Waals surface area contributed by atoms with Crippen molar-refractivity contribution in [2.45, 2.75) is 55.4 Å². The van der Waals surface area contributed by atoms with E-state index in [0.717, 1.165) is 100 Å². The lowest BCUT2D eigenvalue weighted by Crippen LogP contribution is -1.99. The van der Waals surface area contributed by atoms with E-state index >= 15 is 0 Å². The van der Waals surface area contributed by atoms with Gasteiger partial charge in [-0.2, -0.15) is 0 Å². The van der Waals surface area contributed by atoms with Gasteiger partial charge in [-0.05, 0) is 221 Å². The lowest BCUT2D eigenvalue weighted by atomic mass is 9.89. The summed E-state index contributed by atoms with van der Waals surface area (Å²) in [5, 5.41) is 22.4. The molecule has 12 nitrogen and oxygen atoms in total. The van der Waals surface area contributed by atoms with Gasteiger partial charge in [0.15, 0.2) is 11.2 Å². The predicted octanol–water partition coefficient (Wildman–Crippen LogP) is 27.4. The van der Waals surface area contributed by atoms with Gasteiger partial charge in [0.25, 0.3) is 0 Å². The molecule has 0 unspecified atom stereocenters. The van der Waals surface area contributed by atoms with Gasteiger partial charge in [0.2, 0.25) is 11.8 Å². The largest absolute Gasteiger partial charge is 0.436 e. The van der Waals surface area contributed by atoms with Crippen LogP contribution in [0.3, 0.4) is 0 Å². The summed E-state index contributed by atoms with van der Waals surface area (Å²) in [5.74, 6) is 1.25. The molecule has 10 heterocycles. The Kier molecular flexibility index (Phi) is 15.2. The van der Waals surface area contributed by atoms with Crippen LogP contribution < -0.4 is 0 Å². The van der Waals surface area contributed by atoms with E-state index in [-0.39, 0.29) is 0 Å². The van der Waals surface area contributed by atoms with Crippen LogP contribution >= 0.6 is 0 Å². The minimum atomic E-state index is 0.627. The van der Waals surface area contributed by atoms with Crippen molar-refractivity contribution in [1.29, 1.82) is 0 Å². The maximum absolute atomic E-state index is 6.14. The van der Waals surface area contributed by atoms with Gasteiger partial charge in [-0.25, -0.2) is 9.97 Å². The van der Waals surface area contributed by atoms with E-state index in [2.05, 4.69) is 280 Å². The van der Waals surface area contributed by atoms with E-state index in [1.165, 1.54) is 153 Å². The van der Waals surface area contributed by atoms with E-state index in [0.29, 0.717) is 11.8 Å². The van der Waals surface area contributed by atoms with Crippen molar-refractivity contribution in [3.8, 4) is 68.2 Å². The molecular weight excluding hydrogens is 1450 g/mol. The Morgan fingerprint density at radius 1 is 0.229 bits per heavy atom. The Labute approximate surface area is 677 Å². The van der Waals surface area contributed by atoms with Crippen LogP contribution in [-0.4, -0.2) is 48.2 Å². The third-order valence-corrected chi connectivity index (χ3v) is 25.3. The quantitative estimate of drug-likeness (QED) is 0.138. The van der Waals surface area contributed by atoms with Crippen molar-refractivity contribution < 1.29 is 8.83 Å². The van der Waals surface area contributed by atoms with Gasteiger partial charge in [0.05, 0.1) is 68.3 Å². The zero-order valence-electron chi connectivity index (χ0n) is 66.2. The number of aromatic nitrogens is 10. The summed E-state index contributed by atoms with van der Waals surface area (Å²) >= 11 is 0. The molecule has 118 heavy (non-hydrogen) atoms. The molecule has 0 fully saturated rings. The van der Waals surface area contributed by atoms with Crippen LogP contribution in [0.25, 0.3) is 220 Å². The summed E-state index contributed by atoms with van der Waals surface area (Å²) in [6.07, 6.45) is 7.87. The Bertz CT molecular complexity index is 7820. The molecule has 0 aliphatic rings. The second-order valence-electron chi connectivity index (χ2n) is 31.5. The number of hydrogen-bond acceptors (Lipinski definition) is 8. The summed E-state index contributed by atoms with van der Waals surface area (Å²) < 4.78 is 22.0. The first-order chi connectivity index (χ1) is 57.9. The highest BCUT2D eigenvalue weighted by molar-refractivity contribution is 6.42. The fourth-order valence-corrected chi connectivity index (χ4v) is 19.3. The molecule has 560 valence electrons. The zero-order chi connectivity index (χ0) is 79.0. The minimum absolute atomic E-state index is 0.627. The van der Waals surface area contributed by atoms with E-state index in [1.807, 2.05) is 97.6 Å². The number of benzene rings is 14. The molecule has 0 N–H and O–H groups in total. The standard InChI is InChI=1S/C54H38N6.C52H36N4O2/c1-31-33(3)59(39-21-23-47(57-29-39)37-25-35-13-5-11-19-45(35)55-27-37)53-43-17-9-8-16-42(43)52-50-32(2)34(4)60(54(50)44-18-10-7-15-41(44)51(52)49(31)53)40-22-24-48(58-30-40)38-26-36-14-6-12-20-46(36)56-28-38;1-29-31(3)55(35-25-21-33(22-26-35)51-53-41-17-9-11-19-43(41)57-51)49-39-15-7-6-14-38(39)48-46-30(2)32(4)56(50(46)40-16-8-5-13-37(40)47(48)45(29)49)36-27-23-34(24-28-36)52-54-42-18-10-12-20-44(42)58-52/h5-30H,1-4H3;5-28H,1-4H3. The summed E-state index contributed by atoms with van der Waals surface area (Å²) in [5.41, 5.74) is 30.0. The van der Waals surface area contributed by atoms with Crippen LogP contribution in [0.4, 0.5) is 0 Å². The van der Waals surface area contributed by atoms with Gasteiger partial charge in [-0.15, -0.1) is 0 Å². The van der Waals surface area contributed by atoms with Crippen LogP contribution in [0.2, 0.25) is 0 Å². The molecule has 0 amide bonds. The third-order valence-electron chi connectivity index (χ3n) is 25.3. The molecule has 0 saturated heterocycles. The maximum atomic E-state index is 6.14. The second kappa shape index (κ2) is 26.2. The highest BCUT2D eigenvalue weighted by Gasteiger charge is 2.30. The number of aryl methyl sites for hydroxylation is 4. The van der Waals surface area contributed by atoms with Gasteiger partial charge in [-0.1, -0.05) is 158 Å². The average molecular weight is 1520 g/mol. The normalized spacial score (nSPS) is 12.1. The van der Waals surface area contributed by atoms with Gasteiger partial charge < -0.3 is 27.1 Å². The highest BCUT2D eigenvalue weighted by Crippen LogP contribution is 2.52. The Hall–Kier alpha value is -15.1. The Morgan fingerprint density at radius 3 is 0.822 bits per heavy atom. The van der Waals surface area contributed by atoms with Crippen LogP contribution in [0.15, 0.2) is 313 Å². The third kappa shape index (κ3) is 10.1. The van der Waals surface area contributed by atoms with Crippen molar-refractivity contribution in [3.63, 3.8) is 0 Å². The molecule has 0 aliphatic carbocycles. The first-order valence-corrected chi connectivity index (χ1v) is 40.2. The second-order valence-corrected chi connectivity index (χ2v) is 31.5. The molecule has 0 radical (unpaired) electrons. The van der Waals surface area contributed by atoms with Crippen LogP contribution in [0.5, 0.6) is 0 Å². The van der Waals surface area contributed by atoms with Crippen molar-refractivity contribution in [2.24, 2.45) is 0 Å². The first kappa shape index (κ1) is 68.5. The summed E-state index contributed by atoms with van der Waals surface area (Å²) in [4.78, 5) is 29.0. The predicted molar refractivity (Wildman–Crippen MR) is 486 cm³/mol. The molecule has 0 aliphatic heterocycles. The number of hydrogen-bond donors (Lipinski definition) is 0. The fraction of sp³-hybridized carbons (Fsp3) is 0.0755. The van der Waals surface area contributed by atoms with Crippen molar-refractivity contribution in [3.05, 3.63) is 349 Å². The molecule has 0 spiro atoms. The monoisotopic (exact) mass is 1520 g/mol. The number of para-hydroxylation sites is 6. The molecule has 10 aromatic heterocycles. The summed E-state index contributed by atoms with van der Waals surface area (Å²) in [7, 11) is 0. The van der Waals surface area contributed by atoms with Gasteiger partial charge >= 0.3 is 0 Å². The average Bonchev–Trinajstić information content (AvgIpc) is 1.51. The topological polar surface area (TPSA) is 123 Å². The van der Waals surface area contributed by atoms with E-state index < -0.39 is 0 Å². The van der Waals surface area contributed by atoms with E-state index in [1.54, 1.807) is 0 Å². The van der Waals surface area contributed by atoms with Crippen LogP contribution in [-0.2, 0) is 0 Å². The lowest BCUT2D eigenvalue weighted by Gasteiger charge is -2.17. The zero-order valence-corrected chi connectivity index (χ0v) is 66.2. The van der Waals surface area contributed by atoms with Gasteiger partial charge in [0, 0.05) is 144 Å². The fourth-order valence-electron chi connectivity index (χ4n) is 19.3. The van der Waals surface area contributed by atoms with Crippen molar-refractivity contribution in [1.82, 2.24) is 48.2 Å². The van der Waals surface area contributed by atoms with Crippen LogP contribution in [0, 0.1) is 55.4 Å². The molecule has 14 aromatic carbocycles. The number of fused-ring (bicyclic) bond motifs is 26. The molecule has 12 heteroatoms. The lowest BCUT2D eigenvalue weighted by molar-refractivity contribution is 0.619. The molecule has 24 rings (SSSR count). The minimum Gasteiger partial charge on any atom is -0.436 e.